The monoisotopic (exact) mass is 278 g/mol. The van der Waals surface area contributed by atoms with Gasteiger partial charge in [0.25, 0.3) is 0 Å². The Labute approximate surface area is 113 Å². The lowest BCUT2D eigenvalue weighted by Gasteiger charge is -2.06. The van der Waals surface area contributed by atoms with E-state index in [1.165, 1.54) is 12.1 Å². The molecule has 98 valence electrons. The van der Waals surface area contributed by atoms with E-state index >= 15 is 0 Å². The second-order valence-electron chi connectivity index (χ2n) is 3.98. The lowest BCUT2D eigenvalue weighted by atomic mass is 10.2. The summed E-state index contributed by atoms with van der Waals surface area (Å²) in [6.07, 6.45) is 0. The average Bonchev–Trinajstić information content (AvgIpc) is 2.30. The van der Waals surface area contributed by atoms with Gasteiger partial charge in [0.1, 0.15) is 5.82 Å². The molecule has 0 amide bonds. The fraction of sp³-hybridized carbons (Fsp3) is 0.154. The zero-order valence-corrected chi connectivity index (χ0v) is 11.2. The van der Waals surface area contributed by atoms with E-state index in [2.05, 4.69) is 9.97 Å². The Morgan fingerprint density at radius 3 is 2.42 bits per heavy atom. The molecule has 0 radical (unpaired) electrons. The topological polar surface area (TPSA) is 63.1 Å². The van der Waals surface area contributed by atoms with E-state index in [9.17, 15) is 9.18 Å². The number of nitrogens with zero attached hydrogens (tertiary/aromatic N) is 2. The average molecular weight is 278 g/mol. The highest BCUT2D eigenvalue weighted by Gasteiger charge is 2.14. The maximum absolute atomic E-state index is 13.1. The van der Waals surface area contributed by atoms with E-state index in [1.54, 1.807) is 0 Å². The molecule has 0 unspecified atom stereocenters. The molecule has 2 rings (SSSR count). The summed E-state index contributed by atoms with van der Waals surface area (Å²) in [7, 11) is 0. The molecule has 1 aromatic carbocycles. The van der Waals surface area contributed by atoms with Crippen LogP contribution < -0.4 is 0 Å². The van der Waals surface area contributed by atoms with Crippen LogP contribution in [-0.2, 0) is 0 Å². The van der Waals surface area contributed by atoms with Gasteiger partial charge in [0.15, 0.2) is 5.16 Å². The van der Waals surface area contributed by atoms with Gasteiger partial charge in [0.2, 0.25) is 0 Å². The molecule has 1 aromatic heterocycles. The summed E-state index contributed by atoms with van der Waals surface area (Å²) in [5, 5.41) is 9.51. The van der Waals surface area contributed by atoms with Crippen LogP contribution in [0.4, 0.5) is 4.39 Å². The maximum Gasteiger partial charge on any atom is 0.336 e. The smallest absolute Gasteiger partial charge is 0.336 e. The number of halogens is 1. The van der Waals surface area contributed by atoms with Crippen LogP contribution in [0.3, 0.4) is 0 Å². The molecular weight excluding hydrogens is 267 g/mol. The lowest BCUT2D eigenvalue weighted by molar-refractivity contribution is 0.0692. The zero-order valence-electron chi connectivity index (χ0n) is 10.3. The van der Waals surface area contributed by atoms with E-state index in [1.807, 2.05) is 19.9 Å². The van der Waals surface area contributed by atoms with Gasteiger partial charge in [0.05, 0.1) is 5.56 Å². The van der Waals surface area contributed by atoms with Crippen LogP contribution in [0, 0.1) is 19.7 Å². The maximum atomic E-state index is 13.1. The first-order valence-electron chi connectivity index (χ1n) is 5.48. The molecule has 6 heteroatoms. The molecule has 0 bridgehead atoms. The summed E-state index contributed by atoms with van der Waals surface area (Å²) < 4.78 is 13.1. The molecule has 1 N–H and O–H groups in total. The van der Waals surface area contributed by atoms with Crippen molar-refractivity contribution in [3.8, 4) is 0 Å². The van der Waals surface area contributed by atoms with Gasteiger partial charge < -0.3 is 5.11 Å². The summed E-state index contributed by atoms with van der Waals surface area (Å²) in [6, 6.07) is 5.46. The first-order chi connectivity index (χ1) is 8.95. The molecule has 2 aromatic rings. The number of hydrogen-bond donors (Lipinski definition) is 1. The fourth-order valence-electron chi connectivity index (χ4n) is 1.60. The number of rotatable bonds is 3. The van der Waals surface area contributed by atoms with Crippen molar-refractivity contribution in [3.05, 3.63) is 47.0 Å². The van der Waals surface area contributed by atoms with Crippen molar-refractivity contribution >= 4 is 17.7 Å². The van der Waals surface area contributed by atoms with Crippen molar-refractivity contribution < 1.29 is 14.3 Å². The summed E-state index contributed by atoms with van der Waals surface area (Å²) in [5.74, 6) is -1.76. The largest absolute Gasteiger partial charge is 0.478 e. The SMILES string of the molecule is Cc1cc(C)nc(Sc2ccc(F)cc2C(=O)O)n1. The number of hydrogen-bond acceptors (Lipinski definition) is 4. The van der Waals surface area contributed by atoms with Crippen LogP contribution >= 0.6 is 11.8 Å². The van der Waals surface area contributed by atoms with Crippen LogP contribution in [0.15, 0.2) is 34.3 Å². The predicted molar refractivity (Wildman–Crippen MR) is 69.0 cm³/mol. The van der Waals surface area contributed by atoms with Crippen LogP contribution in [0.1, 0.15) is 21.7 Å². The predicted octanol–water partition coefficient (Wildman–Crippen LogP) is 3.08. The number of carboxylic acids is 1. The highest BCUT2D eigenvalue weighted by Crippen LogP contribution is 2.29. The fourth-order valence-corrected chi connectivity index (χ4v) is 2.56. The van der Waals surface area contributed by atoms with E-state index in [0.717, 1.165) is 29.2 Å². The van der Waals surface area contributed by atoms with Crippen molar-refractivity contribution in [2.24, 2.45) is 0 Å². The standard InChI is InChI=1S/C13H11FN2O2S/c1-7-5-8(2)16-13(15-7)19-11-4-3-9(14)6-10(11)12(17)18/h3-6H,1-2H3,(H,17,18). The molecule has 1 heterocycles. The second kappa shape index (κ2) is 5.36. The number of benzene rings is 1. The second-order valence-corrected chi connectivity index (χ2v) is 4.99. The van der Waals surface area contributed by atoms with Gasteiger partial charge in [-0.15, -0.1) is 0 Å². The molecule has 19 heavy (non-hydrogen) atoms. The van der Waals surface area contributed by atoms with Gasteiger partial charge in [-0.25, -0.2) is 19.2 Å². The Bertz CT molecular complexity index is 626. The molecule has 0 aliphatic rings. The van der Waals surface area contributed by atoms with E-state index in [4.69, 9.17) is 5.11 Å². The molecule has 0 fully saturated rings. The van der Waals surface area contributed by atoms with Gasteiger partial charge in [-0.2, -0.15) is 0 Å². The van der Waals surface area contributed by atoms with E-state index in [0.29, 0.717) is 10.1 Å². The molecule has 0 aliphatic heterocycles. The highest BCUT2D eigenvalue weighted by molar-refractivity contribution is 7.99. The zero-order chi connectivity index (χ0) is 14.0. The summed E-state index contributed by atoms with van der Waals surface area (Å²) in [6.45, 7) is 3.67. The third-order valence-electron chi connectivity index (χ3n) is 2.34. The number of aromatic carboxylic acids is 1. The molecule has 0 spiro atoms. The van der Waals surface area contributed by atoms with Crippen molar-refractivity contribution in [2.75, 3.05) is 0 Å². The Morgan fingerprint density at radius 1 is 1.21 bits per heavy atom. The lowest BCUT2D eigenvalue weighted by Crippen LogP contribution is -2.00. The Morgan fingerprint density at radius 2 is 1.84 bits per heavy atom. The number of carboxylic acid groups (broad SMARTS) is 1. The van der Waals surface area contributed by atoms with Gasteiger partial charge in [-0.05, 0) is 49.9 Å². The van der Waals surface area contributed by atoms with Crippen LogP contribution in [0.5, 0.6) is 0 Å². The molecule has 0 saturated carbocycles. The van der Waals surface area contributed by atoms with Gasteiger partial charge >= 0.3 is 5.97 Å². The highest BCUT2D eigenvalue weighted by atomic mass is 32.2. The minimum Gasteiger partial charge on any atom is -0.478 e. The van der Waals surface area contributed by atoms with Crippen molar-refractivity contribution in [1.29, 1.82) is 0 Å². The van der Waals surface area contributed by atoms with Gasteiger partial charge in [-0.1, -0.05) is 0 Å². The molecule has 0 atom stereocenters. The number of carbonyl (C=O) groups is 1. The Kier molecular flexibility index (Phi) is 3.80. The van der Waals surface area contributed by atoms with Crippen molar-refractivity contribution in [3.63, 3.8) is 0 Å². The van der Waals surface area contributed by atoms with Crippen LogP contribution in [0.25, 0.3) is 0 Å². The van der Waals surface area contributed by atoms with Gasteiger partial charge in [-0.3, -0.25) is 0 Å². The summed E-state index contributed by atoms with van der Waals surface area (Å²) >= 11 is 1.11. The van der Waals surface area contributed by atoms with Gasteiger partial charge in [0, 0.05) is 16.3 Å². The third kappa shape index (κ3) is 3.29. The van der Waals surface area contributed by atoms with Crippen molar-refractivity contribution in [2.45, 2.75) is 23.9 Å². The van der Waals surface area contributed by atoms with Crippen molar-refractivity contribution in [1.82, 2.24) is 9.97 Å². The van der Waals surface area contributed by atoms with E-state index in [-0.39, 0.29) is 5.56 Å². The Hall–Kier alpha value is -1.95. The summed E-state index contributed by atoms with van der Waals surface area (Å²) in [5.41, 5.74) is 1.51. The number of aryl methyl sites for hydroxylation is 2. The third-order valence-corrected chi connectivity index (χ3v) is 3.28. The molecule has 0 saturated heterocycles. The van der Waals surface area contributed by atoms with Crippen LogP contribution in [0.2, 0.25) is 0 Å². The molecule has 0 aliphatic carbocycles. The first-order valence-corrected chi connectivity index (χ1v) is 6.30. The number of aromatic nitrogens is 2. The normalized spacial score (nSPS) is 10.5. The molecule has 4 nitrogen and oxygen atoms in total. The molecular formula is C13H11FN2O2S. The van der Waals surface area contributed by atoms with Crippen LogP contribution in [-0.4, -0.2) is 21.0 Å². The minimum atomic E-state index is -1.17. The quantitative estimate of drug-likeness (QED) is 0.874. The first kappa shape index (κ1) is 13.5. The minimum absolute atomic E-state index is 0.0900. The van der Waals surface area contributed by atoms with E-state index < -0.39 is 11.8 Å². The summed E-state index contributed by atoms with van der Waals surface area (Å²) in [4.78, 5) is 19.9. The Balaban J connectivity index is 2.40.